The zero-order valence-corrected chi connectivity index (χ0v) is 13.2. The van der Waals surface area contributed by atoms with Crippen LogP contribution in [0.3, 0.4) is 0 Å². The van der Waals surface area contributed by atoms with Crippen LogP contribution in [0.25, 0.3) is 0 Å². The van der Waals surface area contributed by atoms with E-state index in [4.69, 9.17) is 9.47 Å². The lowest BCUT2D eigenvalue weighted by atomic mass is 10.1. The van der Waals surface area contributed by atoms with Crippen molar-refractivity contribution < 1.29 is 17.9 Å². The zero-order chi connectivity index (χ0) is 15.3. The van der Waals surface area contributed by atoms with Gasteiger partial charge < -0.3 is 14.8 Å². The fourth-order valence-corrected chi connectivity index (χ4v) is 3.73. The van der Waals surface area contributed by atoms with Gasteiger partial charge in [-0.15, -0.1) is 0 Å². The third kappa shape index (κ3) is 4.09. The van der Waals surface area contributed by atoms with Crippen molar-refractivity contribution in [3.05, 3.63) is 18.2 Å². The van der Waals surface area contributed by atoms with Crippen molar-refractivity contribution in [1.29, 1.82) is 0 Å². The number of hydrogen-bond acceptors (Lipinski definition) is 5. The predicted molar refractivity (Wildman–Crippen MR) is 80.4 cm³/mol. The van der Waals surface area contributed by atoms with Crippen LogP contribution < -0.4 is 19.5 Å². The molecular formula is C14H22N2O4S. The van der Waals surface area contributed by atoms with Crippen LogP contribution in [0.2, 0.25) is 0 Å². The summed E-state index contributed by atoms with van der Waals surface area (Å²) in [5.74, 6) is 0.915. The predicted octanol–water partition coefficient (Wildman–Crippen LogP) is 1.12. The second kappa shape index (κ2) is 7.11. The van der Waals surface area contributed by atoms with Crippen LogP contribution in [0, 0.1) is 0 Å². The summed E-state index contributed by atoms with van der Waals surface area (Å²) >= 11 is 0. The van der Waals surface area contributed by atoms with E-state index in [0.717, 1.165) is 32.4 Å². The molecule has 1 heterocycles. The standard InChI is InChI=1S/C14H22N2O4S/c1-19-13-6-5-12(10-14(13)20-2)21(17,18)16-11-4-3-8-15-9-7-11/h5-6,10-11,15-16H,3-4,7-9H2,1-2H3. The molecule has 1 aromatic rings. The zero-order valence-electron chi connectivity index (χ0n) is 12.4. The molecule has 0 radical (unpaired) electrons. The first-order valence-electron chi connectivity index (χ1n) is 7.02. The molecule has 1 atom stereocenters. The number of sulfonamides is 1. The quantitative estimate of drug-likeness (QED) is 0.852. The molecule has 0 bridgehead atoms. The van der Waals surface area contributed by atoms with Gasteiger partial charge in [-0.1, -0.05) is 0 Å². The van der Waals surface area contributed by atoms with Gasteiger partial charge in [-0.05, 0) is 44.5 Å². The molecule has 2 rings (SSSR count). The van der Waals surface area contributed by atoms with E-state index in [1.54, 1.807) is 6.07 Å². The van der Waals surface area contributed by atoms with E-state index >= 15 is 0 Å². The average molecular weight is 314 g/mol. The molecule has 0 saturated carbocycles. The van der Waals surface area contributed by atoms with Gasteiger partial charge >= 0.3 is 0 Å². The third-order valence-corrected chi connectivity index (χ3v) is 5.08. The van der Waals surface area contributed by atoms with E-state index in [0.29, 0.717) is 11.5 Å². The van der Waals surface area contributed by atoms with Gasteiger partial charge in [0.05, 0.1) is 19.1 Å². The van der Waals surface area contributed by atoms with Gasteiger partial charge in [0.15, 0.2) is 11.5 Å². The van der Waals surface area contributed by atoms with Crippen molar-refractivity contribution in [2.75, 3.05) is 27.3 Å². The maximum Gasteiger partial charge on any atom is 0.240 e. The van der Waals surface area contributed by atoms with Crippen LogP contribution in [-0.2, 0) is 10.0 Å². The largest absolute Gasteiger partial charge is 0.493 e. The lowest BCUT2D eigenvalue weighted by Crippen LogP contribution is -2.35. The molecule has 21 heavy (non-hydrogen) atoms. The highest BCUT2D eigenvalue weighted by Crippen LogP contribution is 2.29. The highest BCUT2D eigenvalue weighted by atomic mass is 32.2. The Morgan fingerprint density at radius 3 is 2.62 bits per heavy atom. The average Bonchev–Trinajstić information content (AvgIpc) is 2.74. The second-order valence-corrected chi connectivity index (χ2v) is 6.73. The summed E-state index contributed by atoms with van der Waals surface area (Å²) in [4.78, 5) is 0.192. The van der Waals surface area contributed by atoms with Crippen LogP contribution in [-0.4, -0.2) is 41.8 Å². The molecule has 118 valence electrons. The van der Waals surface area contributed by atoms with E-state index in [9.17, 15) is 8.42 Å². The van der Waals surface area contributed by atoms with Gasteiger partial charge in [0.1, 0.15) is 0 Å². The topological polar surface area (TPSA) is 76.7 Å². The Balaban J connectivity index is 2.18. The molecule has 1 aliphatic rings. The lowest BCUT2D eigenvalue weighted by Gasteiger charge is -2.17. The summed E-state index contributed by atoms with van der Waals surface area (Å²) in [7, 11) is -0.546. The summed E-state index contributed by atoms with van der Waals surface area (Å²) < 4.78 is 38.0. The fourth-order valence-electron chi connectivity index (χ4n) is 2.41. The van der Waals surface area contributed by atoms with Crippen molar-refractivity contribution in [3.63, 3.8) is 0 Å². The highest BCUT2D eigenvalue weighted by Gasteiger charge is 2.22. The molecule has 2 N–H and O–H groups in total. The van der Waals surface area contributed by atoms with E-state index < -0.39 is 10.0 Å². The monoisotopic (exact) mass is 314 g/mol. The molecule has 6 nitrogen and oxygen atoms in total. The van der Waals surface area contributed by atoms with Crippen molar-refractivity contribution in [2.45, 2.75) is 30.2 Å². The van der Waals surface area contributed by atoms with Gasteiger partial charge in [-0.2, -0.15) is 0 Å². The van der Waals surface area contributed by atoms with Crippen molar-refractivity contribution >= 4 is 10.0 Å². The van der Waals surface area contributed by atoms with Gasteiger partial charge in [-0.3, -0.25) is 0 Å². The summed E-state index contributed by atoms with van der Waals surface area (Å²) in [5.41, 5.74) is 0. The van der Waals surface area contributed by atoms with E-state index in [1.165, 1.54) is 26.4 Å². The van der Waals surface area contributed by atoms with Crippen LogP contribution in [0.15, 0.2) is 23.1 Å². The van der Waals surface area contributed by atoms with Crippen LogP contribution in [0.5, 0.6) is 11.5 Å². The molecule has 0 aromatic heterocycles. The van der Waals surface area contributed by atoms with Gasteiger partial charge in [0, 0.05) is 12.1 Å². The Labute approximate surface area is 125 Å². The molecule has 1 aromatic carbocycles. The first-order valence-corrected chi connectivity index (χ1v) is 8.50. The molecule has 7 heteroatoms. The Bertz CT molecular complexity index is 566. The minimum Gasteiger partial charge on any atom is -0.493 e. The number of rotatable bonds is 5. The van der Waals surface area contributed by atoms with Crippen molar-refractivity contribution in [2.24, 2.45) is 0 Å². The fraction of sp³-hybridized carbons (Fsp3) is 0.571. The van der Waals surface area contributed by atoms with Gasteiger partial charge in [0.2, 0.25) is 10.0 Å². The Hall–Kier alpha value is -1.31. The SMILES string of the molecule is COc1ccc(S(=O)(=O)NC2CCCNCC2)cc1OC. The molecular weight excluding hydrogens is 292 g/mol. The third-order valence-electron chi connectivity index (χ3n) is 3.56. The lowest BCUT2D eigenvalue weighted by molar-refractivity contribution is 0.354. The minimum atomic E-state index is -3.55. The van der Waals surface area contributed by atoms with Crippen molar-refractivity contribution in [1.82, 2.24) is 10.0 Å². The number of benzene rings is 1. The number of methoxy groups -OCH3 is 2. The van der Waals surface area contributed by atoms with Gasteiger partial charge in [-0.25, -0.2) is 13.1 Å². The first-order chi connectivity index (χ1) is 10.1. The van der Waals surface area contributed by atoms with Crippen molar-refractivity contribution in [3.8, 4) is 11.5 Å². The molecule has 0 spiro atoms. The summed E-state index contributed by atoms with van der Waals surface area (Å²) in [6.07, 6.45) is 2.62. The summed E-state index contributed by atoms with van der Waals surface area (Å²) in [5, 5.41) is 3.26. The Morgan fingerprint density at radius 1 is 1.14 bits per heavy atom. The molecule has 1 aliphatic heterocycles. The smallest absolute Gasteiger partial charge is 0.240 e. The number of ether oxygens (including phenoxy) is 2. The van der Waals surface area contributed by atoms with Crippen LogP contribution >= 0.6 is 0 Å². The number of hydrogen-bond donors (Lipinski definition) is 2. The van der Waals surface area contributed by atoms with Gasteiger partial charge in [0.25, 0.3) is 0 Å². The maximum atomic E-state index is 12.5. The Morgan fingerprint density at radius 2 is 1.90 bits per heavy atom. The Kier molecular flexibility index (Phi) is 5.44. The normalized spacial score (nSPS) is 19.8. The molecule has 0 amide bonds. The molecule has 1 unspecified atom stereocenters. The minimum absolute atomic E-state index is 0.0295. The molecule has 1 saturated heterocycles. The molecule has 0 aliphatic carbocycles. The summed E-state index contributed by atoms with van der Waals surface area (Å²) in [6.45, 7) is 1.77. The van der Waals surface area contributed by atoms with E-state index in [1.807, 2.05) is 0 Å². The van der Waals surface area contributed by atoms with E-state index in [-0.39, 0.29) is 10.9 Å². The molecule has 1 fully saturated rings. The number of nitrogens with one attached hydrogen (secondary N) is 2. The second-order valence-electron chi connectivity index (χ2n) is 5.02. The maximum absolute atomic E-state index is 12.5. The highest BCUT2D eigenvalue weighted by molar-refractivity contribution is 7.89. The van der Waals surface area contributed by atoms with Crippen LogP contribution in [0.1, 0.15) is 19.3 Å². The van der Waals surface area contributed by atoms with Crippen LogP contribution in [0.4, 0.5) is 0 Å². The first kappa shape index (κ1) is 16.1. The van der Waals surface area contributed by atoms with E-state index in [2.05, 4.69) is 10.0 Å². The summed E-state index contributed by atoms with van der Waals surface area (Å²) in [6, 6.07) is 4.58.